The molecule has 60 valence electrons. The standard InChI is InChI=1S/C7H9ClN2O/c1-5-6(3-8)4-9-7(10-5)11-2/h4H,3H2,1-2H3. The first kappa shape index (κ1) is 8.27. The van der Waals surface area contributed by atoms with Gasteiger partial charge >= 0.3 is 6.01 Å². The minimum atomic E-state index is 0.386. The molecule has 11 heavy (non-hydrogen) atoms. The summed E-state index contributed by atoms with van der Waals surface area (Å²) < 4.78 is 4.83. The molecular formula is C7H9ClN2O. The predicted molar refractivity (Wildman–Crippen MR) is 42.9 cm³/mol. The van der Waals surface area contributed by atoms with Gasteiger partial charge in [-0.1, -0.05) is 0 Å². The predicted octanol–water partition coefficient (Wildman–Crippen LogP) is 1.53. The molecule has 0 saturated carbocycles. The van der Waals surface area contributed by atoms with E-state index in [1.54, 1.807) is 6.20 Å². The fourth-order valence-electron chi connectivity index (χ4n) is 0.700. The van der Waals surface area contributed by atoms with Crippen LogP contribution in [0.25, 0.3) is 0 Å². The molecule has 0 radical (unpaired) electrons. The molecule has 1 heterocycles. The number of methoxy groups -OCH3 is 1. The van der Waals surface area contributed by atoms with Gasteiger partial charge in [0.05, 0.1) is 13.0 Å². The van der Waals surface area contributed by atoms with Crippen LogP contribution in [0.1, 0.15) is 11.3 Å². The van der Waals surface area contributed by atoms with Gasteiger partial charge in [-0.2, -0.15) is 0 Å². The van der Waals surface area contributed by atoms with Gasteiger partial charge in [-0.3, -0.25) is 0 Å². The Labute approximate surface area is 70.4 Å². The second-order valence-electron chi connectivity index (χ2n) is 2.10. The second-order valence-corrected chi connectivity index (χ2v) is 2.37. The van der Waals surface area contributed by atoms with E-state index in [1.807, 2.05) is 6.92 Å². The minimum absolute atomic E-state index is 0.386. The van der Waals surface area contributed by atoms with Crippen molar-refractivity contribution in [2.45, 2.75) is 12.8 Å². The Bertz CT molecular complexity index is 252. The summed E-state index contributed by atoms with van der Waals surface area (Å²) in [6, 6.07) is 0.386. The average Bonchev–Trinajstić information content (AvgIpc) is 2.04. The number of hydrogen-bond donors (Lipinski definition) is 0. The summed E-state index contributed by atoms with van der Waals surface area (Å²) in [5.74, 6) is 0.440. The van der Waals surface area contributed by atoms with Crippen LogP contribution in [0.4, 0.5) is 0 Å². The molecule has 1 rings (SSSR count). The lowest BCUT2D eigenvalue weighted by Gasteiger charge is -2.01. The highest BCUT2D eigenvalue weighted by Crippen LogP contribution is 2.09. The molecule has 0 fully saturated rings. The van der Waals surface area contributed by atoms with Gasteiger partial charge in [-0.25, -0.2) is 9.97 Å². The van der Waals surface area contributed by atoms with E-state index < -0.39 is 0 Å². The fourth-order valence-corrected chi connectivity index (χ4v) is 0.963. The van der Waals surface area contributed by atoms with Crippen molar-refractivity contribution in [3.05, 3.63) is 17.5 Å². The van der Waals surface area contributed by atoms with Crippen LogP contribution in [-0.2, 0) is 5.88 Å². The third kappa shape index (κ3) is 1.80. The van der Waals surface area contributed by atoms with Crippen molar-refractivity contribution in [2.75, 3.05) is 7.11 Å². The Morgan fingerprint density at radius 3 is 2.82 bits per heavy atom. The zero-order valence-corrected chi connectivity index (χ0v) is 7.22. The van der Waals surface area contributed by atoms with Gasteiger partial charge in [-0.05, 0) is 6.92 Å². The maximum absolute atomic E-state index is 5.61. The molecule has 0 N–H and O–H groups in total. The van der Waals surface area contributed by atoms with E-state index in [2.05, 4.69) is 9.97 Å². The first-order chi connectivity index (χ1) is 5.27. The molecule has 0 aliphatic heterocycles. The highest BCUT2D eigenvalue weighted by atomic mass is 35.5. The molecule has 0 saturated heterocycles. The third-order valence-corrected chi connectivity index (χ3v) is 1.67. The molecule has 0 unspecified atom stereocenters. The molecule has 0 aromatic carbocycles. The largest absolute Gasteiger partial charge is 0.467 e. The van der Waals surface area contributed by atoms with Gasteiger partial charge in [0, 0.05) is 17.5 Å². The first-order valence-electron chi connectivity index (χ1n) is 3.20. The van der Waals surface area contributed by atoms with Gasteiger partial charge in [0.15, 0.2) is 0 Å². The first-order valence-corrected chi connectivity index (χ1v) is 3.74. The zero-order chi connectivity index (χ0) is 8.27. The highest BCUT2D eigenvalue weighted by Gasteiger charge is 2.00. The third-order valence-electron chi connectivity index (χ3n) is 1.39. The Hall–Kier alpha value is -0.830. The summed E-state index contributed by atoms with van der Waals surface area (Å²) in [6.07, 6.45) is 1.67. The van der Waals surface area contributed by atoms with Crippen molar-refractivity contribution >= 4 is 11.6 Å². The Morgan fingerprint density at radius 1 is 1.64 bits per heavy atom. The van der Waals surface area contributed by atoms with Gasteiger partial charge in [0.1, 0.15) is 0 Å². The Morgan fingerprint density at radius 2 is 2.36 bits per heavy atom. The van der Waals surface area contributed by atoms with Crippen LogP contribution in [0.5, 0.6) is 6.01 Å². The van der Waals surface area contributed by atoms with Crippen LogP contribution in [0.2, 0.25) is 0 Å². The van der Waals surface area contributed by atoms with Crippen molar-refractivity contribution in [1.29, 1.82) is 0 Å². The van der Waals surface area contributed by atoms with Crippen LogP contribution >= 0.6 is 11.6 Å². The maximum atomic E-state index is 5.61. The van der Waals surface area contributed by atoms with E-state index in [4.69, 9.17) is 16.3 Å². The van der Waals surface area contributed by atoms with Crippen LogP contribution < -0.4 is 4.74 Å². The SMILES string of the molecule is COc1ncc(CCl)c(C)n1. The number of rotatable bonds is 2. The number of alkyl halides is 1. The van der Waals surface area contributed by atoms with Crippen LogP contribution in [0.3, 0.4) is 0 Å². The summed E-state index contributed by atoms with van der Waals surface area (Å²) in [6.45, 7) is 1.88. The van der Waals surface area contributed by atoms with Crippen molar-refractivity contribution in [2.24, 2.45) is 0 Å². The van der Waals surface area contributed by atoms with Gasteiger partial charge in [-0.15, -0.1) is 11.6 Å². The van der Waals surface area contributed by atoms with Gasteiger partial charge < -0.3 is 4.74 Å². The molecule has 0 amide bonds. The van der Waals surface area contributed by atoms with Crippen LogP contribution in [0, 0.1) is 6.92 Å². The van der Waals surface area contributed by atoms with E-state index in [9.17, 15) is 0 Å². The lowest BCUT2D eigenvalue weighted by Crippen LogP contribution is -1.96. The average molecular weight is 173 g/mol. The van der Waals surface area contributed by atoms with Gasteiger partial charge in [0.25, 0.3) is 0 Å². The number of aryl methyl sites for hydroxylation is 1. The number of ether oxygens (including phenoxy) is 1. The molecule has 0 spiro atoms. The summed E-state index contributed by atoms with van der Waals surface area (Å²) in [7, 11) is 1.54. The normalized spacial score (nSPS) is 9.73. The highest BCUT2D eigenvalue weighted by molar-refractivity contribution is 6.17. The van der Waals surface area contributed by atoms with Crippen LogP contribution in [0.15, 0.2) is 6.20 Å². The van der Waals surface area contributed by atoms with E-state index in [0.29, 0.717) is 11.9 Å². The number of hydrogen-bond acceptors (Lipinski definition) is 3. The van der Waals surface area contributed by atoms with Gasteiger partial charge in [0.2, 0.25) is 0 Å². The Kier molecular flexibility index (Phi) is 2.65. The molecule has 0 atom stereocenters. The molecule has 0 aliphatic rings. The molecule has 3 nitrogen and oxygen atoms in total. The Balaban J connectivity index is 2.99. The summed E-state index contributed by atoms with van der Waals surface area (Å²) in [5.41, 5.74) is 1.80. The van der Waals surface area contributed by atoms with Crippen molar-refractivity contribution in [3.63, 3.8) is 0 Å². The summed E-state index contributed by atoms with van der Waals surface area (Å²) >= 11 is 5.61. The maximum Gasteiger partial charge on any atom is 0.316 e. The smallest absolute Gasteiger partial charge is 0.316 e. The van der Waals surface area contributed by atoms with Crippen LogP contribution in [-0.4, -0.2) is 17.1 Å². The molecule has 1 aromatic heterocycles. The molecule has 1 aromatic rings. The molecule has 0 bridgehead atoms. The fraction of sp³-hybridized carbons (Fsp3) is 0.429. The zero-order valence-electron chi connectivity index (χ0n) is 6.47. The topological polar surface area (TPSA) is 35.0 Å². The number of halogens is 1. The van der Waals surface area contributed by atoms with Crippen molar-refractivity contribution in [1.82, 2.24) is 9.97 Å². The summed E-state index contributed by atoms with van der Waals surface area (Å²) in [5, 5.41) is 0. The van der Waals surface area contributed by atoms with E-state index in [0.717, 1.165) is 11.3 Å². The quantitative estimate of drug-likeness (QED) is 0.635. The lowest BCUT2D eigenvalue weighted by molar-refractivity contribution is 0.378. The van der Waals surface area contributed by atoms with E-state index in [1.165, 1.54) is 7.11 Å². The number of aromatic nitrogens is 2. The molecule has 4 heteroatoms. The van der Waals surface area contributed by atoms with Crippen molar-refractivity contribution in [3.8, 4) is 6.01 Å². The van der Waals surface area contributed by atoms with E-state index in [-0.39, 0.29) is 0 Å². The number of nitrogens with zero attached hydrogens (tertiary/aromatic N) is 2. The molecule has 0 aliphatic carbocycles. The summed E-state index contributed by atoms with van der Waals surface area (Å²) in [4.78, 5) is 7.96. The van der Waals surface area contributed by atoms with E-state index >= 15 is 0 Å². The lowest BCUT2D eigenvalue weighted by atomic mass is 10.3. The monoisotopic (exact) mass is 172 g/mol. The minimum Gasteiger partial charge on any atom is -0.467 e. The van der Waals surface area contributed by atoms with Crippen molar-refractivity contribution < 1.29 is 4.74 Å². The second kappa shape index (κ2) is 3.53. The molecular weight excluding hydrogens is 164 g/mol.